The van der Waals surface area contributed by atoms with Crippen LogP contribution in [0, 0.1) is 0 Å². The number of carbonyl (C=O) groups is 2. The second-order valence-electron chi connectivity index (χ2n) is 9.32. The Hall–Kier alpha value is -3.48. The molecule has 186 valence electrons. The maximum atomic E-state index is 13.7. The molecule has 0 aliphatic heterocycles. The van der Waals surface area contributed by atoms with Crippen molar-refractivity contribution >= 4 is 33.9 Å². The molecule has 36 heavy (non-hydrogen) atoms. The summed E-state index contributed by atoms with van der Waals surface area (Å²) < 4.78 is 0. The predicted molar refractivity (Wildman–Crippen MR) is 148 cm³/mol. The van der Waals surface area contributed by atoms with Gasteiger partial charge in [-0.15, -0.1) is 11.3 Å². The van der Waals surface area contributed by atoms with Crippen LogP contribution in [-0.4, -0.2) is 48.3 Å². The first kappa shape index (κ1) is 25.6. The summed E-state index contributed by atoms with van der Waals surface area (Å²) in [6, 6.07) is 25.0. The molecule has 1 aromatic heterocycles. The van der Waals surface area contributed by atoms with Gasteiger partial charge in [-0.2, -0.15) is 0 Å². The normalized spacial score (nSPS) is 12.8. The Bertz CT molecular complexity index is 1330. The van der Waals surface area contributed by atoms with Crippen molar-refractivity contribution in [3.05, 3.63) is 106 Å². The molecule has 0 saturated heterocycles. The van der Waals surface area contributed by atoms with Crippen LogP contribution in [0.15, 0.2) is 84.2 Å². The molecule has 0 fully saturated rings. The molecule has 5 nitrogen and oxygen atoms in total. The van der Waals surface area contributed by atoms with Crippen LogP contribution in [0.3, 0.4) is 0 Å². The van der Waals surface area contributed by atoms with Gasteiger partial charge in [-0.25, -0.2) is 0 Å². The van der Waals surface area contributed by atoms with Crippen molar-refractivity contribution in [1.29, 1.82) is 0 Å². The van der Waals surface area contributed by atoms with E-state index in [9.17, 15) is 9.59 Å². The molecular formula is C30H33N3O2S. The SMILES string of the molecule is CC(N)c1cccc(C(=O)N(C)C(Cc2ccc3ccccc3c2)C(=O)N(C)CCc2cccs2)c1. The first-order valence-electron chi connectivity index (χ1n) is 12.2. The highest BCUT2D eigenvalue weighted by molar-refractivity contribution is 7.09. The molecule has 3 aromatic carbocycles. The lowest BCUT2D eigenvalue weighted by atomic mass is 9.99. The Labute approximate surface area is 217 Å². The maximum Gasteiger partial charge on any atom is 0.254 e. The minimum Gasteiger partial charge on any atom is -0.344 e. The number of rotatable bonds is 9. The molecule has 1 heterocycles. The van der Waals surface area contributed by atoms with E-state index < -0.39 is 6.04 Å². The average molecular weight is 500 g/mol. The quantitative estimate of drug-likeness (QED) is 0.340. The van der Waals surface area contributed by atoms with Crippen LogP contribution in [0.1, 0.15) is 39.3 Å². The van der Waals surface area contributed by atoms with Gasteiger partial charge >= 0.3 is 0 Å². The molecule has 4 rings (SSSR count). The van der Waals surface area contributed by atoms with Crippen molar-refractivity contribution in [2.45, 2.75) is 31.8 Å². The monoisotopic (exact) mass is 499 g/mol. The maximum absolute atomic E-state index is 13.7. The summed E-state index contributed by atoms with van der Waals surface area (Å²) >= 11 is 1.69. The number of benzene rings is 3. The first-order chi connectivity index (χ1) is 17.3. The van der Waals surface area contributed by atoms with Crippen LogP contribution in [-0.2, 0) is 17.6 Å². The number of fused-ring (bicyclic) bond motifs is 1. The molecule has 0 aliphatic rings. The summed E-state index contributed by atoms with van der Waals surface area (Å²) in [6.07, 6.45) is 1.22. The van der Waals surface area contributed by atoms with Gasteiger partial charge in [0.05, 0.1) is 0 Å². The Morgan fingerprint density at radius 3 is 2.42 bits per heavy atom. The number of nitrogens with two attached hydrogens (primary N) is 1. The Morgan fingerprint density at radius 1 is 0.917 bits per heavy atom. The van der Waals surface area contributed by atoms with Gasteiger partial charge < -0.3 is 15.5 Å². The van der Waals surface area contributed by atoms with Gasteiger partial charge in [0.25, 0.3) is 5.91 Å². The van der Waals surface area contributed by atoms with Crippen LogP contribution < -0.4 is 5.73 Å². The van der Waals surface area contributed by atoms with Crippen LogP contribution in [0.4, 0.5) is 0 Å². The highest BCUT2D eigenvalue weighted by Gasteiger charge is 2.30. The van der Waals surface area contributed by atoms with Gasteiger partial charge in [0, 0.05) is 43.5 Å². The van der Waals surface area contributed by atoms with E-state index in [1.807, 2.05) is 61.8 Å². The van der Waals surface area contributed by atoms with Crippen molar-refractivity contribution in [3.8, 4) is 0 Å². The number of hydrogen-bond donors (Lipinski definition) is 1. The van der Waals surface area contributed by atoms with E-state index in [-0.39, 0.29) is 17.9 Å². The number of amides is 2. The molecule has 0 spiro atoms. The number of nitrogens with zero attached hydrogens (tertiary/aromatic N) is 2. The second kappa shape index (κ2) is 11.5. The molecule has 6 heteroatoms. The third-order valence-corrected chi connectivity index (χ3v) is 7.56. The van der Waals surface area contributed by atoms with Crippen LogP contribution >= 0.6 is 11.3 Å². The summed E-state index contributed by atoms with van der Waals surface area (Å²) in [4.78, 5) is 31.9. The second-order valence-corrected chi connectivity index (χ2v) is 10.4. The molecule has 2 amide bonds. The van der Waals surface area contributed by atoms with Crippen molar-refractivity contribution in [3.63, 3.8) is 0 Å². The highest BCUT2D eigenvalue weighted by Crippen LogP contribution is 2.21. The lowest BCUT2D eigenvalue weighted by Gasteiger charge is -2.31. The number of thiophene rings is 1. The Morgan fingerprint density at radius 2 is 1.69 bits per heavy atom. The lowest BCUT2D eigenvalue weighted by molar-refractivity contribution is -0.134. The minimum atomic E-state index is -0.633. The summed E-state index contributed by atoms with van der Waals surface area (Å²) in [5, 5.41) is 4.31. The molecular weight excluding hydrogens is 466 g/mol. The molecule has 2 unspecified atom stereocenters. The number of carbonyl (C=O) groups excluding carboxylic acids is 2. The molecule has 0 bridgehead atoms. The summed E-state index contributed by atoms with van der Waals surface area (Å²) in [5.74, 6) is -0.262. The fourth-order valence-electron chi connectivity index (χ4n) is 4.38. The van der Waals surface area contributed by atoms with E-state index in [2.05, 4.69) is 30.3 Å². The minimum absolute atomic E-state index is 0.0705. The summed E-state index contributed by atoms with van der Waals surface area (Å²) in [5.41, 5.74) is 8.48. The fourth-order valence-corrected chi connectivity index (χ4v) is 5.07. The van der Waals surface area contributed by atoms with Gasteiger partial charge in [0.1, 0.15) is 6.04 Å². The molecule has 4 aromatic rings. The standard InChI is InChI=1S/C30H33N3O2S/c1-21(31)24-10-6-11-26(20-24)29(34)33(3)28(30(35)32(2)16-15-27-12-7-17-36-27)19-22-13-14-23-8-4-5-9-25(23)18-22/h4-14,17-18,20-21,28H,15-16,19,31H2,1-3H3. The van der Waals surface area contributed by atoms with Crippen molar-refractivity contribution in [2.24, 2.45) is 5.73 Å². The zero-order valence-electron chi connectivity index (χ0n) is 21.1. The van der Waals surface area contributed by atoms with E-state index in [0.717, 1.165) is 28.3 Å². The van der Waals surface area contributed by atoms with Crippen molar-refractivity contribution < 1.29 is 9.59 Å². The van der Waals surface area contributed by atoms with Gasteiger partial charge in [-0.3, -0.25) is 9.59 Å². The van der Waals surface area contributed by atoms with E-state index in [1.54, 1.807) is 34.3 Å². The van der Waals surface area contributed by atoms with Crippen molar-refractivity contribution in [1.82, 2.24) is 9.80 Å². The Kier molecular flexibility index (Phi) is 8.18. The smallest absolute Gasteiger partial charge is 0.254 e. The Balaban J connectivity index is 1.60. The third kappa shape index (κ3) is 6.01. The molecule has 0 radical (unpaired) electrons. The van der Waals surface area contributed by atoms with Gasteiger partial charge in [-0.1, -0.05) is 60.7 Å². The first-order valence-corrected chi connectivity index (χ1v) is 13.1. The topological polar surface area (TPSA) is 66.6 Å². The van der Waals surface area contributed by atoms with Gasteiger partial charge in [0.15, 0.2) is 0 Å². The molecule has 2 N–H and O–H groups in total. The van der Waals surface area contributed by atoms with E-state index in [4.69, 9.17) is 5.73 Å². The van der Waals surface area contributed by atoms with E-state index >= 15 is 0 Å². The van der Waals surface area contributed by atoms with Gasteiger partial charge in [0.2, 0.25) is 5.91 Å². The fraction of sp³-hybridized carbons (Fsp3) is 0.267. The third-order valence-electron chi connectivity index (χ3n) is 6.63. The molecule has 0 saturated carbocycles. The van der Waals surface area contributed by atoms with Crippen LogP contribution in [0.5, 0.6) is 0 Å². The average Bonchev–Trinajstić information content (AvgIpc) is 3.43. The predicted octanol–water partition coefficient (Wildman–Crippen LogP) is 5.31. The molecule has 2 atom stereocenters. The number of hydrogen-bond acceptors (Lipinski definition) is 4. The summed E-state index contributed by atoms with van der Waals surface area (Å²) in [7, 11) is 3.54. The zero-order chi connectivity index (χ0) is 25.7. The van der Waals surface area contributed by atoms with Crippen molar-refractivity contribution in [2.75, 3.05) is 20.6 Å². The highest BCUT2D eigenvalue weighted by atomic mass is 32.1. The summed E-state index contributed by atoms with van der Waals surface area (Å²) in [6.45, 7) is 2.48. The van der Waals surface area contributed by atoms with E-state index in [0.29, 0.717) is 18.5 Å². The number of likely N-dealkylation sites (N-methyl/N-ethyl adjacent to an activating group) is 2. The van der Waals surface area contributed by atoms with Gasteiger partial charge in [-0.05, 0) is 58.8 Å². The largest absolute Gasteiger partial charge is 0.344 e. The zero-order valence-corrected chi connectivity index (χ0v) is 21.9. The van der Waals surface area contributed by atoms with Crippen LogP contribution in [0.25, 0.3) is 10.8 Å². The lowest BCUT2D eigenvalue weighted by Crippen LogP contribution is -2.49. The van der Waals surface area contributed by atoms with Crippen LogP contribution in [0.2, 0.25) is 0 Å². The van der Waals surface area contributed by atoms with E-state index in [1.165, 1.54) is 4.88 Å². The molecule has 0 aliphatic carbocycles.